The largest absolute Gasteiger partial charge is 0.390 e. The topological polar surface area (TPSA) is 101 Å². The van der Waals surface area contributed by atoms with Crippen LogP contribution in [0, 0.1) is 5.92 Å². The van der Waals surface area contributed by atoms with Crippen LogP contribution in [0.2, 0.25) is 0 Å². The molecule has 4 N–H and O–H groups in total. The molecule has 2 aromatic carbocycles. The van der Waals surface area contributed by atoms with Gasteiger partial charge in [-0.25, -0.2) is 0 Å². The number of rotatable bonds is 4. The maximum Gasteiger partial charge on any atom is 0.222 e. The Balaban J connectivity index is 0.000000375. The molecule has 2 aliphatic rings. The van der Waals surface area contributed by atoms with Crippen LogP contribution in [0.1, 0.15) is 71.3 Å². The first kappa shape index (κ1) is 26.0. The molecule has 1 aromatic heterocycles. The van der Waals surface area contributed by atoms with E-state index >= 15 is 0 Å². The van der Waals surface area contributed by atoms with Gasteiger partial charge in [0.15, 0.2) is 5.82 Å². The van der Waals surface area contributed by atoms with E-state index in [0.29, 0.717) is 18.7 Å². The van der Waals surface area contributed by atoms with Gasteiger partial charge in [-0.3, -0.25) is 4.79 Å². The maximum absolute atomic E-state index is 11.4. The van der Waals surface area contributed by atoms with Gasteiger partial charge in [0.25, 0.3) is 0 Å². The zero-order valence-corrected chi connectivity index (χ0v) is 21.6. The summed E-state index contributed by atoms with van der Waals surface area (Å²) < 4.78 is 0. The Morgan fingerprint density at radius 3 is 2.14 bits per heavy atom. The minimum Gasteiger partial charge on any atom is -0.390 e. The van der Waals surface area contributed by atoms with Crippen molar-refractivity contribution in [2.24, 2.45) is 11.7 Å². The van der Waals surface area contributed by atoms with Crippen LogP contribution in [0.4, 0.5) is 5.82 Å². The quantitative estimate of drug-likeness (QED) is 0.416. The van der Waals surface area contributed by atoms with Crippen molar-refractivity contribution in [2.45, 2.75) is 76.9 Å². The van der Waals surface area contributed by atoms with Gasteiger partial charge in [0.2, 0.25) is 5.91 Å². The van der Waals surface area contributed by atoms with Crippen LogP contribution in [-0.2, 0) is 10.3 Å². The van der Waals surface area contributed by atoms with Crippen LogP contribution >= 0.6 is 0 Å². The zero-order valence-electron chi connectivity index (χ0n) is 21.6. The molecule has 6 nitrogen and oxygen atoms in total. The van der Waals surface area contributed by atoms with E-state index < -0.39 is 11.1 Å². The number of hydrogen-bond acceptors (Lipinski definition) is 5. The van der Waals surface area contributed by atoms with Gasteiger partial charge in [-0.2, -0.15) is 0 Å². The monoisotopic (exact) mass is 486 g/mol. The van der Waals surface area contributed by atoms with Crippen LogP contribution in [-0.4, -0.2) is 26.8 Å². The lowest BCUT2D eigenvalue weighted by Crippen LogP contribution is -2.58. The first-order valence-corrected chi connectivity index (χ1v) is 13.0. The Morgan fingerprint density at radius 1 is 0.972 bits per heavy atom. The molecule has 2 aliphatic carbocycles. The van der Waals surface area contributed by atoms with Gasteiger partial charge >= 0.3 is 0 Å². The molecule has 3 aromatic rings. The Labute approximate surface area is 214 Å². The predicted octanol–water partition coefficient (Wildman–Crippen LogP) is 6.05. The summed E-state index contributed by atoms with van der Waals surface area (Å²) in [5.74, 6) is 1.25. The first-order chi connectivity index (χ1) is 17.2. The molecule has 0 unspecified atom stereocenters. The first-order valence-electron chi connectivity index (χ1n) is 13.0. The molecule has 190 valence electrons. The average Bonchev–Trinajstić information content (AvgIpc) is 2.84. The second-order valence-corrected chi connectivity index (χ2v) is 10.9. The molecule has 0 bridgehead atoms. The van der Waals surface area contributed by atoms with Crippen LogP contribution in [0.3, 0.4) is 0 Å². The van der Waals surface area contributed by atoms with Crippen LogP contribution in [0.15, 0.2) is 60.7 Å². The Bertz CT molecular complexity index is 1160. The molecule has 2 fully saturated rings. The van der Waals surface area contributed by atoms with Crippen molar-refractivity contribution < 1.29 is 9.90 Å². The van der Waals surface area contributed by atoms with E-state index in [1.807, 2.05) is 67.6 Å². The maximum atomic E-state index is 11.4. The number of carbonyl (C=O) groups is 1. The minimum atomic E-state index is -0.696. The highest BCUT2D eigenvalue weighted by Gasteiger charge is 2.49. The van der Waals surface area contributed by atoms with Crippen molar-refractivity contribution in [2.75, 3.05) is 5.32 Å². The molecular weight excluding hydrogens is 448 g/mol. The molecule has 0 atom stereocenters. The predicted molar refractivity (Wildman–Crippen MR) is 145 cm³/mol. The summed E-state index contributed by atoms with van der Waals surface area (Å²) >= 11 is 0. The number of hydrogen-bond donors (Lipinski definition) is 3. The fraction of sp³-hybridized carbons (Fsp3) is 0.433. The number of aromatic nitrogens is 2. The Hall–Kier alpha value is -3.09. The van der Waals surface area contributed by atoms with Crippen molar-refractivity contribution >= 4 is 11.7 Å². The molecule has 0 radical (unpaired) electrons. The summed E-state index contributed by atoms with van der Waals surface area (Å²) in [6.07, 6.45) is 8.52. The molecule has 1 amide bonds. The van der Waals surface area contributed by atoms with Crippen molar-refractivity contribution in [3.05, 3.63) is 66.2 Å². The lowest BCUT2D eigenvalue weighted by Gasteiger charge is -2.49. The third kappa shape index (κ3) is 6.37. The number of carbonyl (C=O) groups excluding carboxylic acids is 1. The molecule has 0 saturated heterocycles. The lowest BCUT2D eigenvalue weighted by atomic mass is 9.63. The van der Waals surface area contributed by atoms with Gasteiger partial charge in [-0.1, -0.05) is 93.6 Å². The van der Waals surface area contributed by atoms with E-state index in [-0.39, 0.29) is 5.91 Å². The minimum absolute atomic E-state index is 0.194. The van der Waals surface area contributed by atoms with E-state index in [4.69, 9.17) is 5.73 Å². The van der Waals surface area contributed by atoms with Crippen LogP contribution in [0.25, 0.3) is 22.4 Å². The lowest BCUT2D eigenvalue weighted by molar-refractivity contribution is -0.114. The van der Waals surface area contributed by atoms with Crippen LogP contribution in [0.5, 0.6) is 0 Å². The fourth-order valence-corrected chi connectivity index (χ4v) is 5.46. The van der Waals surface area contributed by atoms with Crippen molar-refractivity contribution in [1.82, 2.24) is 10.2 Å². The molecular formula is C30H38N4O2. The number of benzene rings is 2. The number of amides is 1. The number of nitrogens with zero attached hydrogens (tertiary/aromatic N) is 2. The second kappa shape index (κ2) is 10.9. The van der Waals surface area contributed by atoms with Gasteiger partial charge in [0.05, 0.1) is 5.60 Å². The van der Waals surface area contributed by atoms with Crippen molar-refractivity contribution in [3.63, 3.8) is 0 Å². The van der Waals surface area contributed by atoms with Gasteiger partial charge < -0.3 is 16.2 Å². The fourth-order valence-electron chi connectivity index (χ4n) is 5.46. The van der Waals surface area contributed by atoms with Crippen molar-refractivity contribution in [3.8, 4) is 22.4 Å². The molecule has 2 saturated carbocycles. The summed E-state index contributed by atoms with van der Waals surface area (Å²) in [5, 5.41) is 21.3. The van der Waals surface area contributed by atoms with E-state index in [0.717, 1.165) is 33.9 Å². The Kier molecular flexibility index (Phi) is 7.86. The number of nitrogens with one attached hydrogen (secondary N) is 1. The van der Waals surface area contributed by atoms with E-state index in [9.17, 15) is 9.90 Å². The summed E-state index contributed by atoms with van der Waals surface area (Å²) in [6, 6.07) is 19.6. The second-order valence-electron chi connectivity index (χ2n) is 10.9. The third-order valence-corrected chi connectivity index (χ3v) is 7.20. The third-order valence-electron chi connectivity index (χ3n) is 7.20. The van der Waals surface area contributed by atoms with E-state index in [1.165, 1.54) is 39.0 Å². The highest BCUT2D eigenvalue weighted by molar-refractivity contribution is 5.90. The van der Waals surface area contributed by atoms with E-state index in [2.05, 4.69) is 22.4 Å². The molecule has 5 rings (SSSR count). The molecule has 1 heterocycles. The summed E-state index contributed by atoms with van der Waals surface area (Å²) in [5.41, 5.74) is 9.75. The smallest absolute Gasteiger partial charge is 0.222 e. The SMILES string of the molecule is CC(=O)Nc1cc(-c2ccccc2)c(-c2ccc(C3(N)CC(C)(O)C3)cc2)nn1.CC1CCCCC1. The van der Waals surface area contributed by atoms with Crippen LogP contribution < -0.4 is 11.1 Å². The molecule has 36 heavy (non-hydrogen) atoms. The summed E-state index contributed by atoms with van der Waals surface area (Å²) in [7, 11) is 0. The number of nitrogens with two attached hydrogens (primary N) is 1. The number of anilines is 1. The highest BCUT2D eigenvalue weighted by Crippen LogP contribution is 2.46. The summed E-state index contributed by atoms with van der Waals surface area (Å²) in [4.78, 5) is 11.4. The standard InChI is InChI=1S/C23H24N4O2.C7H14/c1-15(28)25-20-12-19(16-6-4-3-5-7-16)21(27-26-20)17-8-10-18(11-9-17)23(24)13-22(2,29)14-23;1-7-5-3-2-4-6-7/h3-12,29H,13-14,24H2,1-2H3,(H,25,26,28);7H,2-6H2,1H3. The van der Waals surface area contributed by atoms with Gasteiger partial charge in [0.1, 0.15) is 5.69 Å². The van der Waals surface area contributed by atoms with Gasteiger partial charge in [-0.15, -0.1) is 10.2 Å². The average molecular weight is 487 g/mol. The Morgan fingerprint density at radius 2 is 1.61 bits per heavy atom. The zero-order chi connectivity index (χ0) is 25.8. The summed E-state index contributed by atoms with van der Waals surface area (Å²) in [6.45, 7) is 5.61. The molecule has 6 heteroatoms. The number of aliphatic hydroxyl groups is 1. The highest BCUT2D eigenvalue weighted by atomic mass is 16.3. The van der Waals surface area contributed by atoms with Crippen molar-refractivity contribution in [1.29, 1.82) is 0 Å². The molecule has 0 aliphatic heterocycles. The molecule has 0 spiro atoms. The van der Waals surface area contributed by atoms with Gasteiger partial charge in [0, 0.05) is 23.6 Å². The van der Waals surface area contributed by atoms with Gasteiger partial charge in [-0.05, 0) is 42.9 Å². The normalized spacial score (nSPS) is 23.7. The van der Waals surface area contributed by atoms with E-state index in [1.54, 1.807) is 0 Å².